The number of aliphatic hydroxyl groups excluding tert-OH is 1. The van der Waals surface area contributed by atoms with Gasteiger partial charge in [0.05, 0.1) is 25.0 Å². The molecule has 0 aromatic carbocycles. The Morgan fingerprint density at radius 2 is 2.19 bits per heavy atom. The second-order valence-corrected chi connectivity index (χ2v) is 6.55. The summed E-state index contributed by atoms with van der Waals surface area (Å²) in [7, 11) is -3.67. The Labute approximate surface area is 123 Å². The van der Waals surface area contributed by atoms with Crippen LogP contribution in [-0.4, -0.2) is 55.2 Å². The van der Waals surface area contributed by atoms with E-state index in [0.29, 0.717) is 25.9 Å². The molecule has 1 fully saturated rings. The molecule has 0 amide bonds. The molecule has 0 atom stereocenters. The highest BCUT2D eigenvalue weighted by molar-refractivity contribution is 7.89. The highest BCUT2D eigenvalue weighted by Crippen LogP contribution is 2.25. The van der Waals surface area contributed by atoms with Gasteiger partial charge < -0.3 is 15.3 Å². The van der Waals surface area contributed by atoms with Crippen LogP contribution in [0.1, 0.15) is 12.8 Å². The molecule has 0 unspecified atom stereocenters. The summed E-state index contributed by atoms with van der Waals surface area (Å²) in [6, 6.07) is 3.18. The van der Waals surface area contributed by atoms with Crippen molar-refractivity contribution in [3.63, 3.8) is 0 Å². The summed E-state index contributed by atoms with van der Waals surface area (Å²) in [5.74, 6) is 5.34. The molecule has 0 radical (unpaired) electrons. The lowest BCUT2D eigenvalue weighted by molar-refractivity contribution is 0.00316. The maximum atomic E-state index is 12.6. The molecule has 1 aliphatic heterocycles. The Bertz CT molecular complexity index is 558. The van der Waals surface area contributed by atoms with E-state index in [2.05, 4.69) is 10.4 Å². The van der Waals surface area contributed by atoms with Gasteiger partial charge in [-0.25, -0.2) is 13.4 Å². The molecule has 1 aromatic rings. The second-order valence-electron chi connectivity index (χ2n) is 4.70. The molecule has 1 aliphatic rings. The lowest BCUT2D eigenvalue weighted by Gasteiger charge is -2.31. The van der Waals surface area contributed by atoms with Gasteiger partial charge in [-0.15, -0.1) is 0 Å². The van der Waals surface area contributed by atoms with Crippen LogP contribution in [0.5, 0.6) is 0 Å². The number of pyridine rings is 1. The number of hydrogen-bond acceptors (Lipinski definition) is 7. The summed E-state index contributed by atoms with van der Waals surface area (Å²) < 4.78 is 32.0. The molecule has 2 heterocycles. The van der Waals surface area contributed by atoms with Gasteiger partial charge in [0.1, 0.15) is 0 Å². The summed E-state index contributed by atoms with van der Waals surface area (Å²) >= 11 is 0. The molecule has 0 bridgehead atoms. The third kappa shape index (κ3) is 3.69. The maximum absolute atomic E-state index is 12.6. The van der Waals surface area contributed by atoms with Crippen molar-refractivity contribution in [2.24, 2.45) is 5.84 Å². The fourth-order valence-electron chi connectivity index (χ4n) is 2.29. The van der Waals surface area contributed by atoms with E-state index in [1.807, 2.05) is 0 Å². The largest absolute Gasteiger partial charge is 0.394 e. The Morgan fingerprint density at radius 1 is 1.48 bits per heavy atom. The highest BCUT2D eigenvalue weighted by atomic mass is 32.2. The quantitative estimate of drug-likeness (QED) is 0.479. The zero-order chi connectivity index (χ0) is 15.3. The number of rotatable bonds is 6. The average molecular weight is 316 g/mol. The number of nitrogens with two attached hydrogens (primary N) is 1. The van der Waals surface area contributed by atoms with Crippen LogP contribution in [0.3, 0.4) is 0 Å². The minimum Gasteiger partial charge on any atom is -0.394 e. The van der Waals surface area contributed by atoms with Crippen molar-refractivity contribution in [1.29, 1.82) is 0 Å². The van der Waals surface area contributed by atoms with Crippen LogP contribution >= 0.6 is 0 Å². The fourth-order valence-corrected chi connectivity index (χ4v) is 3.82. The number of piperidine rings is 1. The Balaban J connectivity index is 2.08. The first-order chi connectivity index (χ1) is 10.1. The van der Waals surface area contributed by atoms with Crippen molar-refractivity contribution >= 4 is 15.7 Å². The molecule has 0 spiro atoms. The molecule has 2 rings (SSSR count). The van der Waals surface area contributed by atoms with Crippen LogP contribution in [0.4, 0.5) is 5.69 Å². The summed E-state index contributed by atoms with van der Waals surface area (Å²) in [6.07, 6.45) is 2.60. The molecule has 1 saturated heterocycles. The van der Waals surface area contributed by atoms with E-state index in [0.717, 1.165) is 0 Å². The standard InChI is InChI=1S/C12H20N4O4S/c13-15-11-2-1-5-14-12(11)21(18,19)16-6-3-10(4-7-16)20-9-8-17/h1-2,5,10,15,17H,3-4,6-9,13H2. The van der Waals surface area contributed by atoms with Crippen LogP contribution in [0, 0.1) is 0 Å². The van der Waals surface area contributed by atoms with E-state index in [4.69, 9.17) is 15.7 Å². The van der Waals surface area contributed by atoms with Gasteiger partial charge in [-0.3, -0.25) is 5.84 Å². The number of ether oxygens (including phenoxy) is 1. The summed E-state index contributed by atoms with van der Waals surface area (Å²) in [5, 5.41) is 8.66. The lowest BCUT2D eigenvalue weighted by atomic mass is 10.1. The molecular weight excluding hydrogens is 296 g/mol. The minimum absolute atomic E-state index is 0.0144. The van der Waals surface area contributed by atoms with Crippen molar-refractivity contribution in [3.8, 4) is 0 Å². The molecule has 21 heavy (non-hydrogen) atoms. The van der Waals surface area contributed by atoms with Gasteiger partial charge in [-0.1, -0.05) is 0 Å². The number of hydrazine groups is 1. The van der Waals surface area contributed by atoms with Crippen LogP contribution in [0.2, 0.25) is 0 Å². The SMILES string of the molecule is NNc1cccnc1S(=O)(=O)N1CCC(OCCO)CC1. The van der Waals surface area contributed by atoms with Gasteiger partial charge >= 0.3 is 0 Å². The van der Waals surface area contributed by atoms with Crippen LogP contribution in [0.15, 0.2) is 23.4 Å². The Kier molecular flexibility index (Phi) is 5.48. The molecule has 118 valence electrons. The van der Waals surface area contributed by atoms with E-state index in [9.17, 15) is 8.42 Å². The molecule has 0 aliphatic carbocycles. The van der Waals surface area contributed by atoms with Gasteiger partial charge in [-0.2, -0.15) is 4.31 Å². The van der Waals surface area contributed by atoms with Gasteiger partial charge in [-0.05, 0) is 25.0 Å². The highest BCUT2D eigenvalue weighted by Gasteiger charge is 2.32. The zero-order valence-corrected chi connectivity index (χ0v) is 12.4. The maximum Gasteiger partial charge on any atom is 0.262 e. The molecule has 9 heteroatoms. The first kappa shape index (κ1) is 16.1. The van der Waals surface area contributed by atoms with E-state index < -0.39 is 10.0 Å². The molecule has 4 N–H and O–H groups in total. The number of sulfonamides is 1. The van der Waals surface area contributed by atoms with Crippen molar-refractivity contribution in [2.75, 3.05) is 31.7 Å². The second kappa shape index (κ2) is 7.14. The van der Waals surface area contributed by atoms with Crippen LogP contribution in [-0.2, 0) is 14.8 Å². The van der Waals surface area contributed by atoms with E-state index >= 15 is 0 Å². The predicted molar refractivity (Wildman–Crippen MR) is 76.9 cm³/mol. The number of aromatic nitrogens is 1. The van der Waals surface area contributed by atoms with E-state index in [1.54, 1.807) is 12.1 Å². The van der Waals surface area contributed by atoms with Gasteiger partial charge in [0.25, 0.3) is 10.0 Å². The number of nitrogens with one attached hydrogen (secondary N) is 1. The summed E-state index contributed by atoms with van der Waals surface area (Å²) in [4.78, 5) is 3.93. The molecular formula is C12H20N4O4S. The van der Waals surface area contributed by atoms with Crippen LogP contribution < -0.4 is 11.3 Å². The third-order valence-electron chi connectivity index (χ3n) is 3.36. The minimum atomic E-state index is -3.67. The number of nitrogen functional groups attached to an aromatic ring is 1. The van der Waals surface area contributed by atoms with Crippen molar-refractivity contribution in [1.82, 2.24) is 9.29 Å². The zero-order valence-electron chi connectivity index (χ0n) is 11.6. The van der Waals surface area contributed by atoms with Crippen molar-refractivity contribution in [2.45, 2.75) is 24.0 Å². The number of aliphatic hydroxyl groups is 1. The average Bonchev–Trinajstić information content (AvgIpc) is 2.53. The summed E-state index contributed by atoms with van der Waals surface area (Å²) in [6.45, 7) is 0.967. The number of nitrogens with zero attached hydrogens (tertiary/aromatic N) is 2. The van der Waals surface area contributed by atoms with Gasteiger partial charge in [0.15, 0.2) is 5.03 Å². The predicted octanol–water partition coefficient (Wildman–Crippen LogP) is -0.471. The number of hydrogen-bond donors (Lipinski definition) is 3. The Hall–Kier alpha value is -1.26. The van der Waals surface area contributed by atoms with Crippen molar-refractivity contribution < 1.29 is 18.3 Å². The van der Waals surface area contributed by atoms with Crippen molar-refractivity contribution in [3.05, 3.63) is 18.3 Å². The van der Waals surface area contributed by atoms with Crippen LogP contribution in [0.25, 0.3) is 0 Å². The lowest BCUT2D eigenvalue weighted by Crippen LogP contribution is -2.41. The normalized spacial score (nSPS) is 17.8. The van der Waals surface area contributed by atoms with E-state index in [1.165, 1.54) is 10.5 Å². The Morgan fingerprint density at radius 3 is 2.81 bits per heavy atom. The van der Waals surface area contributed by atoms with Gasteiger partial charge in [0.2, 0.25) is 0 Å². The first-order valence-corrected chi connectivity index (χ1v) is 8.18. The molecule has 8 nitrogen and oxygen atoms in total. The molecule has 1 aromatic heterocycles. The van der Waals surface area contributed by atoms with E-state index in [-0.39, 0.29) is 30.0 Å². The third-order valence-corrected chi connectivity index (χ3v) is 5.22. The first-order valence-electron chi connectivity index (χ1n) is 6.74. The van der Waals surface area contributed by atoms with Gasteiger partial charge in [0, 0.05) is 19.3 Å². The monoisotopic (exact) mass is 316 g/mol. The smallest absolute Gasteiger partial charge is 0.262 e. The fraction of sp³-hybridized carbons (Fsp3) is 0.583. The summed E-state index contributed by atoms with van der Waals surface area (Å²) in [5.41, 5.74) is 2.63. The number of anilines is 1. The molecule has 0 saturated carbocycles. The topological polar surface area (TPSA) is 118 Å².